The molecule has 0 amide bonds. The third-order valence-corrected chi connectivity index (χ3v) is 8.19. The molecule has 12 heteroatoms. The van der Waals surface area contributed by atoms with E-state index in [2.05, 4.69) is 20.6 Å². The lowest BCUT2D eigenvalue weighted by Gasteiger charge is -2.34. The van der Waals surface area contributed by atoms with E-state index in [1.54, 1.807) is 0 Å². The highest BCUT2D eigenvalue weighted by molar-refractivity contribution is 7.89. The van der Waals surface area contributed by atoms with Crippen molar-refractivity contribution in [3.05, 3.63) is 23.3 Å². The number of hydrogen-bond acceptors (Lipinski definition) is 6. The number of nitrogens with zero attached hydrogens (tertiary/aromatic N) is 3. The van der Waals surface area contributed by atoms with Crippen molar-refractivity contribution in [3.63, 3.8) is 0 Å². The number of hydrogen-bond donors (Lipinski definition) is 3. The molecule has 0 saturated heterocycles. The predicted octanol–water partition coefficient (Wildman–Crippen LogP) is 3.71. The van der Waals surface area contributed by atoms with E-state index in [1.807, 2.05) is 0 Å². The first-order valence-corrected chi connectivity index (χ1v) is 12.8. The summed E-state index contributed by atoms with van der Waals surface area (Å²) in [6, 6.07) is 2.46. The average Bonchev–Trinajstić information content (AvgIpc) is 3.28. The van der Waals surface area contributed by atoms with Gasteiger partial charge in [-0.2, -0.15) is 18.4 Å². The minimum absolute atomic E-state index is 0.114. The number of sulfonamides is 1. The van der Waals surface area contributed by atoms with E-state index >= 15 is 0 Å². The Hall–Kier alpha value is -2.05. The highest BCUT2D eigenvalue weighted by atomic mass is 32.2. The maximum Gasteiger partial charge on any atom is 0.417 e. The Morgan fingerprint density at radius 1 is 1.00 bits per heavy atom. The number of benzene rings is 1. The molecule has 0 radical (unpaired) electrons. The van der Waals surface area contributed by atoms with Crippen molar-refractivity contribution in [2.45, 2.75) is 80.8 Å². The van der Waals surface area contributed by atoms with Crippen LogP contribution in [0, 0.1) is 11.8 Å². The fourth-order valence-corrected chi connectivity index (χ4v) is 6.54. The van der Waals surface area contributed by atoms with E-state index in [0.717, 1.165) is 63.9 Å². The van der Waals surface area contributed by atoms with Crippen LogP contribution in [0.5, 0.6) is 0 Å². The number of aromatic amines is 1. The van der Waals surface area contributed by atoms with Crippen LogP contribution in [-0.2, 0) is 16.2 Å². The molecule has 33 heavy (non-hydrogen) atoms. The van der Waals surface area contributed by atoms with Gasteiger partial charge in [-0.15, -0.1) is 10.2 Å². The molecule has 5 N–H and O–H groups in total. The number of nitrogens with one attached hydrogen (secondary N) is 1. The van der Waals surface area contributed by atoms with Crippen LogP contribution >= 0.6 is 0 Å². The normalized spacial score (nSPS) is 26.9. The van der Waals surface area contributed by atoms with Crippen molar-refractivity contribution in [2.24, 2.45) is 22.7 Å². The summed E-state index contributed by atoms with van der Waals surface area (Å²) in [5.41, 5.74) is 4.95. The van der Waals surface area contributed by atoms with Crippen LogP contribution in [-0.4, -0.2) is 35.1 Å². The average molecular weight is 487 g/mol. The molecule has 8 nitrogen and oxygen atoms in total. The van der Waals surface area contributed by atoms with Crippen LogP contribution in [0.1, 0.15) is 74.8 Å². The zero-order valence-corrected chi connectivity index (χ0v) is 19.0. The summed E-state index contributed by atoms with van der Waals surface area (Å²) in [5, 5.41) is 18.5. The fraction of sp³-hybridized carbons (Fsp3) is 0.667. The van der Waals surface area contributed by atoms with Crippen molar-refractivity contribution in [1.29, 1.82) is 0 Å². The third-order valence-electron chi connectivity index (χ3n) is 7.19. The van der Waals surface area contributed by atoms with Gasteiger partial charge in [-0.3, -0.25) is 0 Å². The van der Waals surface area contributed by atoms with Gasteiger partial charge in [0.05, 0.1) is 5.56 Å². The van der Waals surface area contributed by atoms with Gasteiger partial charge in [0.25, 0.3) is 0 Å². The molecule has 2 fully saturated rings. The summed E-state index contributed by atoms with van der Waals surface area (Å²) in [5.74, 6) is 0.917. The van der Waals surface area contributed by atoms with Crippen LogP contribution in [0.3, 0.4) is 0 Å². The quantitative estimate of drug-likeness (QED) is 0.588. The number of primary sulfonamides is 1. The number of tetrazole rings is 1. The van der Waals surface area contributed by atoms with Crippen LogP contribution in [0.25, 0.3) is 11.4 Å². The minimum Gasteiger partial charge on any atom is -0.328 e. The SMILES string of the molecule is NC1CCC(CC2CCC(c3ccc(C(F)(F)F)c(S(N)(=O)=O)c3-c3nn[nH]n3)CC2)CC1. The molecule has 1 aromatic carbocycles. The Morgan fingerprint density at radius 3 is 2.12 bits per heavy atom. The zero-order valence-electron chi connectivity index (χ0n) is 18.2. The largest absolute Gasteiger partial charge is 0.417 e. The fourth-order valence-electron chi connectivity index (χ4n) is 5.56. The molecule has 2 aliphatic carbocycles. The van der Waals surface area contributed by atoms with Crippen LogP contribution < -0.4 is 10.9 Å². The predicted molar refractivity (Wildman–Crippen MR) is 115 cm³/mol. The molecule has 4 rings (SSSR count). The maximum atomic E-state index is 13.7. The van der Waals surface area contributed by atoms with Gasteiger partial charge in [0.15, 0.2) is 0 Å². The molecule has 1 aromatic heterocycles. The number of aromatic nitrogens is 4. The molecule has 182 valence electrons. The number of H-pyrrole nitrogens is 1. The topological polar surface area (TPSA) is 141 Å². The summed E-state index contributed by atoms with van der Waals surface area (Å²) in [6.07, 6.45) is 4.04. The van der Waals surface area contributed by atoms with E-state index in [-0.39, 0.29) is 17.3 Å². The lowest BCUT2D eigenvalue weighted by molar-refractivity contribution is -0.139. The molecule has 0 atom stereocenters. The summed E-state index contributed by atoms with van der Waals surface area (Å²) < 4.78 is 65.7. The van der Waals surface area contributed by atoms with E-state index < -0.39 is 26.7 Å². The first-order valence-electron chi connectivity index (χ1n) is 11.3. The Bertz CT molecular complexity index is 1060. The van der Waals surface area contributed by atoms with Gasteiger partial charge in [-0.1, -0.05) is 6.07 Å². The lowest BCUT2D eigenvalue weighted by Crippen LogP contribution is -2.28. The zero-order chi connectivity index (χ0) is 23.8. The second-order valence-corrected chi connectivity index (χ2v) is 10.9. The second-order valence-electron chi connectivity index (χ2n) is 9.42. The van der Waals surface area contributed by atoms with Crippen LogP contribution in [0.4, 0.5) is 13.2 Å². The monoisotopic (exact) mass is 486 g/mol. The van der Waals surface area contributed by atoms with Crippen molar-refractivity contribution in [1.82, 2.24) is 20.6 Å². The van der Waals surface area contributed by atoms with Crippen LogP contribution in [0.2, 0.25) is 0 Å². The van der Waals surface area contributed by atoms with Gasteiger partial charge in [-0.25, -0.2) is 13.6 Å². The molecule has 1 heterocycles. The maximum absolute atomic E-state index is 13.7. The van der Waals surface area contributed by atoms with Crippen molar-refractivity contribution in [3.8, 4) is 11.4 Å². The number of alkyl halides is 3. The van der Waals surface area contributed by atoms with Crippen molar-refractivity contribution in [2.75, 3.05) is 0 Å². The van der Waals surface area contributed by atoms with E-state index in [0.29, 0.717) is 23.4 Å². The minimum atomic E-state index is -4.90. The number of rotatable bonds is 5. The van der Waals surface area contributed by atoms with E-state index in [1.165, 1.54) is 6.07 Å². The second kappa shape index (κ2) is 9.30. The summed E-state index contributed by atoms with van der Waals surface area (Å²) in [4.78, 5) is -0.991. The Kier molecular flexibility index (Phi) is 6.79. The summed E-state index contributed by atoms with van der Waals surface area (Å²) >= 11 is 0. The Labute approximate surface area is 190 Å². The summed E-state index contributed by atoms with van der Waals surface area (Å²) in [6.45, 7) is 0. The van der Waals surface area contributed by atoms with Gasteiger partial charge in [0, 0.05) is 11.6 Å². The molecule has 0 bridgehead atoms. The molecule has 0 spiro atoms. The Balaban J connectivity index is 1.62. The smallest absolute Gasteiger partial charge is 0.328 e. The highest BCUT2D eigenvalue weighted by Gasteiger charge is 2.41. The van der Waals surface area contributed by atoms with Crippen molar-refractivity contribution >= 4 is 10.0 Å². The number of halogens is 3. The molecule has 2 saturated carbocycles. The van der Waals surface area contributed by atoms with Gasteiger partial charge < -0.3 is 5.73 Å². The molecule has 0 unspecified atom stereocenters. The van der Waals surface area contributed by atoms with Gasteiger partial charge in [0.2, 0.25) is 15.8 Å². The standard InChI is InChI=1S/C21H29F3N6O2S/c22-21(23,24)17-10-9-16(18(19(17)33(26,31)32)20-27-29-30-28-20)14-5-1-12(2-6-14)11-13-3-7-15(25)8-4-13/h9-10,12-15H,1-8,11,25H2,(H2,26,31,32)(H,27,28,29,30). The van der Waals surface area contributed by atoms with E-state index in [4.69, 9.17) is 10.9 Å². The molecular weight excluding hydrogens is 457 g/mol. The third kappa shape index (κ3) is 5.38. The van der Waals surface area contributed by atoms with Gasteiger partial charge in [-0.05, 0) is 92.4 Å². The summed E-state index contributed by atoms with van der Waals surface area (Å²) in [7, 11) is -4.72. The molecule has 0 aliphatic heterocycles. The Morgan fingerprint density at radius 2 is 1.61 bits per heavy atom. The first kappa shape index (κ1) is 24.1. The molecule has 2 aromatic rings. The lowest BCUT2D eigenvalue weighted by atomic mass is 9.72. The van der Waals surface area contributed by atoms with Gasteiger partial charge >= 0.3 is 6.18 Å². The molecule has 2 aliphatic rings. The first-order chi connectivity index (χ1) is 15.5. The van der Waals surface area contributed by atoms with Crippen molar-refractivity contribution < 1.29 is 21.6 Å². The number of nitrogens with two attached hydrogens (primary N) is 2. The van der Waals surface area contributed by atoms with Gasteiger partial charge in [0.1, 0.15) is 4.90 Å². The van der Waals surface area contributed by atoms with E-state index in [9.17, 15) is 21.6 Å². The van der Waals surface area contributed by atoms with Crippen LogP contribution in [0.15, 0.2) is 17.0 Å². The molecular formula is C21H29F3N6O2S. The highest BCUT2D eigenvalue weighted by Crippen LogP contribution is 2.46.